The molecule has 1 aliphatic rings. The Morgan fingerprint density at radius 3 is 3.08 bits per heavy atom. The highest BCUT2D eigenvalue weighted by Gasteiger charge is 2.36. The Morgan fingerprint density at radius 1 is 1.69 bits per heavy atom. The highest BCUT2D eigenvalue weighted by atomic mass is 16.5. The van der Waals surface area contributed by atoms with E-state index >= 15 is 0 Å². The van der Waals surface area contributed by atoms with Crippen LogP contribution in [0.25, 0.3) is 0 Å². The average Bonchev–Trinajstić information content (AvgIpc) is 2.72. The summed E-state index contributed by atoms with van der Waals surface area (Å²) in [5.41, 5.74) is 5.10. The van der Waals surface area contributed by atoms with Gasteiger partial charge in [0, 0.05) is 6.61 Å². The van der Waals surface area contributed by atoms with Gasteiger partial charge in [-0.25, -0.2) is 4.98 Å². The minimum absolute atomic E-state index is 0.326. The predicted octanol–water partition coefficient (Wildman–Crippen LogP) is 1.16. The number of hydrogen-bond acceptors (Lipinski definition) is 4. The maximum atomic E-state index is 5.59. The van der Waals surface area contributed by atoms with Crippen molar-refractivity contribution in [3.8, 4) is 0 Å². The van der Waals surface area contributed by atoms with Crippen LogP contribution < -0.4 is 5.73 Å². The molecule has 0 spiro atoms. The fourth-order valence-electron chi connectivity index (χ4n) is 1.59. The molecule has 4 heteroatoms. The maximum Gasteiger partial charge on any atom is 0.226 e. The van der Waals surface area contributed by atoms with Crippen molar-refractivity contribution in [2.75, 3.05) is 6.61 Å². The molecule has 1 aliphatic heterocycles. The highest BCUT2D eigenvalue weighted by Crippen LogP contribution is 2.34. The molecule has 1 aromatic rings. The minimum atomic E-state index is -0.326. The van der Waals surface area contributed by atoms with E-state index in [0.717, 1.165) is 19.4 Å². The topological polar surface area (TPSA) is 61.3 Å². The fourth-order valence-corrected chi connectivity index (χ4v) is 1.59. The van der Waals surface area contributed by atoms with E-state index in [0.29, 0.717) is 18.2 Å². The Bertz CT molecular complexity index is 290. The van der Waals surface area contributed by atoms with E-state index in [9.17, 15) is 0 Å². The SMILES string of the molecule is CC1(c2ncc(CN)o2)CCCO1. The van der Waals surface area contributed by atoms with Crippen LogP contribution in [-0.4, -0.2) is 11.6 Å². The van der Waals surface area contributed by atoms with Crippen LogP contribution in [0.5, 0.6) is 0 Å². The molecular weight excluding hydrogens is 168 g/mol. The first kappa shape index (κ1) is 8.72. The molecular formula is C9H14N2O2. The number of aromatic nitrogens is 1. The summed E-state index contributed by atoms with van der Waals surface area (Å²) in [6, 6.07) is 0. The number of oxazole rings is 1. The molecule has 0 amide bonds. The quantitative estimate of drug-likeness (QED) is 0.745. The molecule has 0 radical (unpaired) electrons. The molecule has 0 saturated carbocycles. The van der Waals surface area contributed by atoms with Crippen LogP contribution >= 0.6 is 0 Å². The van der Waals surface area contributed by atoms with Crippen LogP contribution in [0, 0.1) is 0 Å². The van der Waals surface area contributed by atoms with E-state index in [-0.39, 0.29) is 5.60 Å². The van der Waals surface area contributed by atoms with Crippen molar-refractivity contribution >= 4 is 0 Å². The van der Waals surface area contributed by atoms with Crippen LogP contribution in [0.15, 0.2) is 10.6 Å². The maximum absolute atomic E-state index is 5.59. The third-order valence-electron chi connectivity index (χ3n) is 2.43. The summed E-state index contributed by atoms with van der Waals surface area (Å²) in [5.74, 6) is 1.37. The Kier molecular flexibility index (Phi) is 2.09. The first-order valence-electron chi connectivity index (χ1n) is 4.54. The fraction of sp³-hybridized carbons (Fsp3) is 0.667. The van der Waals surface area contributed by atoms with Crippen molar-refractivity contribution in [3.63, 3.8) is 0 Å². The second kappa shape index (κ2) is 3.12. The predicted molar refractivity (Wildman–Crippen MR) is 46.9 cm³/mol. The summed E-state index contributed by atoms with van der Waals surface area (Å²) in [4.78, 5) is 4.17. The molecule has 72 valence electrons. The molecule has 1 saturated heterocycles. The molecule has 1 fully saturated rings. The van der Waals surface area contributed by atoms with E-state index < -0.39 is 0 Å². The van der Waals surface area contributed by atoms with Gasteiger partial charge < -0.3 is 14.9 Å². The van der Waals surface area contributed by atoms with Crippen LogP contribution in [0.2, 0.25) is 0 Å². The summed E-state index contributed by atoms with van der Waals surface area (Å²) in [6.07, 6.45) is 3.70. The molecule has 2 heterocycles. The van der Waals surface area contributed by atoms with Crippen molar-refractivity contribution in [1.29, 1.82) is 0 Å². The number of ether oxygens (including phenoxy) is 1. The molecule has 2 rings (SSSR count). The van der Waals surface area contributed by atoms with Gasteiger partial charge in [-0.1, -0.05) is 0 Å². The smallest absolute Gasteiger partial charge is 0.226 e. The van der Waals surface area contributed by atoms with Gasteiger partial charge in [-0.3, -0.25) is 0 Å². The molecule has 0 bridgehead atoms. The van der Waals surface area contributed by atoms with Gasteiger partial charge in [0.05, 0.1) is 12.7 Å². The average molecular weight is 182 g/mol. The highest BCUT2D eigenvalue weighted by molar-refractivity contribution is 5.02. The lowest BCUT2D eigenvalue weighted by Crippen LogP contribution is -2.20. The van der Waals surface area contributed by atoms with Crippen molar-refractivity contribution < 1.29 is 9.15 Å². The van der Waals surface area contributed by atoms with Gasteiger partial charge in [-0.15, -0.1) is 0 Å². The first-order valence-corrected chi connectivity index (χ1v) is 4.54. The van der Waals surface area contributed by atoms with Crippen LogP contribution in [0.4, 0.5) is 0 Å². The van der Waals surface area contributed by atoms with Crippen molar-refractivity contribution in [1.82, 2.24) is 4.98 Å². The lowest BCUT2D eigenvalue weighted by Gasteiger charge is -2.18. The van der Waals surface area contributed by atoms with Crippen LogP contribution in [-0.2, 0) is 16.9 Å². The van der Waals surface area contributed by atoms with Gasteiger partial charge in [0.25, 0.3) is 0 Å². The normalized spacial score (nSPS) is 28.2. The minimum Gasteiger partial charge on any atom is -0.441 e. The standard InChI is InChI=1S/C9H14N2O2/c1-9(3-2-4-12-9)8-11-6-7(5-10)13-8/h6H,2-5,10H2,1H3. The second-order valence-corrected chi connectivity index (χ2v) is 3.52. The van der Waals surface area contributed by atoms with Gasteiger partial charge in [-0.05, 0) is 19.8 Å². The lowest BCUT2D eigenvalue weighted by atomic mass is 10.0. The van der Waals surface area contributed by atoms with E-state index in [1.54, 1.807) is 6.20 Å². The molecule has 4 nitrogen and oxygen atoms in total. The zero-order chi connectivity index (χ0) is 9.31. The van der Waals surface area contributed by atoms with E-state index in [2.05, 4.69) is 4.98 Å². The summed E-state index contributed by atoms with van der Waals surface area (Å²) < 4.78 is 11.0. The van der Waals surface area contributed by atoms with E-state index in [4.69, 9.17) is 14.9 Å². The van der Waals surface area contributed by atoms with Gasteiger partial charge >= 0.3 is 0 Å². The third kappa shape index (κ3) is 1.47. The first-order chi connectivity index (χ1) is 6.24. The molecule has 1 unspecified atom stereocenters. The number of nitrogens with two attached hydrogens (primary N) is 1. The molecule has 0 aliphatic carbocycles. The van der Waals surface area contributed by atoms with Crippen molar-refractivity contribution in [2.24, 2.45) is 5.73 Å². The molecule has 13 heavy (non-hydrogen) atoms. The molecule has 0 aromatic carbocycles. The molecule has 1 aromatic heterocycles. The van der Waals surface area contributed by atoms with Gasteiger partial charge in [-0.2, -0.15) is 0 Å². The van der Waals surface area contributed by atoms with Gasteiger partial charge in [0.15, 0.2) is 0 Å². The van der Waals surface area contributed by atoms with E-state index in [1.807, 2.05) is 6.92 Å². The zero-order valence-electron chi connectivity index (χ0n) is 7.75. The lowest BCUT2D eigenvalue weighted by molar-refractivity contribution is -0.00602. The van der Waals surface area contributed by atoms with Crippen LogP contribution in [0.1, 0.15) is 31.4 Å². The van der Waals surface area contributed by atoms with Crippen LogP contribution in [0.3, 0.4) is 0 Å². The Morgan fingerprint density at radius 2 is 2.54 bits per heavy atom. The second-order valence-electron chi connectivity index (χ2n) is 3.52. The van der Waals surface area contributed by atoms with Crippen molar-refractivity contribution in [2.45, 2.75) is 31.9 Å². The summed E-state index contributed by atoms with van der Waals surface area (Å²) >= 11 is 0. The Balaban J connectivity index is 2.23. The number of rotatable bonds is 2. The monoisotopic (exact) mass is 182 g/mol. The van der Waals surface area contributed by atoms with Gasteiger partial charge in [0.1, 0.15) is 11.4 Å². The molecule has 1 atom stereocenters. The Labute approximate surface area is 77.1 Å². The molecule has 2 N–H and O–H groups in total. The number of hydrogen-bond donors (Lipinski definition) is 1. The zero-order valence-corrected chi connectivity index (χ0v) is 7.75. The third-order valence-corrected chi connectivity index (χ3v) is 2.43. The van der Waals surface area contributed by atoms with E-state index in [1.165, 1.54) is 0 Å². The number of nitrogens with zero attached hydrogens (tertiary/aromatic N) is 1. The Hall–Kier alpha value is -0.870. The van der Waals surface area contributed by atoms with Crippen molar-refractivity contribution in [3.05, 3.63) is 17.8 Å². The summed E-state index contributed by atoms with van der Waals surface area (Å²) in [7, 11) is 0. The summed E-state index contributed by atoms with van der Waals surface area (Å²) in [5, 5.41) is 0. The van der Waals surface area contributed by atoms with Gasteiger partial charge in [0.2, 0.25) is 5.89 Å². The summed E-state index contributed by atoms with van der Waals surface area (Å²) in [6.45, 7) is 3.19. The largest absolute Gasteiger partial charge is 0.441 e.